The lowest BCUT2D eigenvalue weighted by atomic mass is 9.92. The van der Waals surface area contributed by atoms with E-state index < -0.39 is 17.9 Å². The minimum absolute atomic E-state index is 0.0244. The average molecular weight is 476 g/mol. The number of nitrogens with one attached hydrogen (secondary N) is 3. The summed E-state index contributed by atoms with van der Waals surface area (Å²) in [7, 11) is 0. The Labute approximate surface area is 196 Å². The van der Waals surface area contributed by atoms with Gasteiger partial charge in [0.1, 0.15) is 6.04 Å². The van der Waals surface area contributed by atoms with Crippen molar-refractivity contribution in [1.82, 2.24) is 16.0 Å². The molecule has 186 valence electrons. The Bertz CT molecular complexity index is 614. The number of aliphatic carboxylic acids is 1. The predicted molar refractivity (Wildman–Crippen MR) is 126 cm³/mol. The zero-order valence-electron chi connectivity index (χ0n) is 20.3. The Hall–Kier alpha value is -1.81. The van der Waals surface area contributed by atoms with Crippen molar-refractivity contribution in [2.24, 2.45) is 10.8 Å². The fourth-order valence-electron chi connectivity index (χ4n) is 2.43. The quantitative estimate of drug-likeness (QED) is 0.265. The third kappa shape index (κ3) is 18.9. The molecule has 0 aliphatic heterocycles. The van der Waals surface area contributed by atoms with Gasteiger partial charge in [-0.1, -0.05) is 41.5 Å². The Morgan fingerprint density at radius 3 is 2.00 bits per heavy atom. The van der Waals surface area contributed by atoms with Crippen molar-refractivity contribution in [3.05, 3.63) is 0 Å². The Kier molecular flexibility index (Phi) is 14.2. The average Bonchev–Trinajstić information content (AvgIpc) is 2.62. The molecule has 0 fully saturated rings. The molecule has 0 saturated carbocycles. The second-order valence-electron chi connectivity index (χ2n) is 10.1. The summed E-state index contributed by atoms with van der Waals surface area (Å²) in [6.45, 7) is 13.5. The zero-order valence-corrected chi connectivity index (χ0v) is 21.2. The van der Waals surface area contributed by atoms with Gasteiger partial charge in [0.2, 0.25) is 17.7 Å². The molecule has 0 rings (SSSR count). The number of hydrogen-bond acceptors (Lipinski definition) is 6. The second kappa shape index (κ2) is 15.1. The molecule has 0 saturated heterocycles. The molecule has 0 aliphatic carbocycles. The van der Waals surface area contributed by atoms with E-state index in [2.05, 4.69) is 36.7 Å². The summed E-state index contributed by atoms with van der Waals surface area (Å²) >= 11 is 1.56. The van der Waals surface area contributed by atoms with E-state index in [-0.39, 0.29) is 48.6 Å². The number of ether oxygens (including phenoxy) is 1. The molecular weight excluding hydrogens is 434 g/mol. The van der Waals surface area contributed by atoms with Crippen molar-refractivity contribution < 1.29 is 29.0 Å². The minimum Gasteiger partial charge on any atom is -0.481 e. The molecule has 0 bridgehead atoms. The van der Waals surface area contributed by atoms with Crippen molar-refractivity contribution >= 4 is 35.5 Å². The molecule has 3 amide bonds. The molecule has 0 aromatic rings. The van der Waals surface area contributed by atoms with Crippen molar-refractivity contribution in [3.63, 3.8) is 0 Å². The van der Waals surface area contributed by atoms with Crippen LogP contribution in [0.4, 0.5) is 0 Å². The van der Waals surface area contributed by atoms with Crippen LogP contribution in [0.3, 0.4) is 0 Å². The van der Waals surface area contributed by atoms with Gasteiger partial charge in [-0.3, -0.25) is 19.2 Å². The molecule has 10 heteroatoms. The normalized spacial score (nSPS) is 12.7. The number of carboxylic acid groups (broad SMARTS) is 1. The van der Waals surface area contributed by atoms with Gasteiger partial charge < -0.3 is 25.8 Å². The first-order chi connectivity index (χ1) is 14.7. The molecule has 0 radical (unpaired) electrons. The highest BCUT2D eigenvalue weighted by molar-refractivity contribution is 7.99. The van der Waals surface area contributed by atoms with Crippen LogP contribution in [0, 0.1) is 10.8 Å². The monoisotopic (exact) mass is 475 g/mol. The van der Waals surface area contributed by atoms with Crippen molar-refractivity contribution in [3.8, 4) is 0 Å². The summed E-state index contributed by atoms with van der Waals surface area (Å²) in [6, 6.07) is -0.750. The molecular formula is C22H41N3O6S. The van der Waals surface area contributed by atoms with E-state index in [1.54, 1.807) is 11.8 Å². The van der Waals surface area contributed by atoms with Gasteiger partial charge in [-0.2, -0.15) is 11.8 Å². The number of amides is 3. The third-order valence-corrected chi connectivity index (χ3v) is 5.48. The highest BCUT2D eigenvalue weighted by Crippen LogP contribution is 2.21. The first-order valence-electron chi connectivity index (χ1n) is 10.9. The number of rotatable bonds is 15. The third-order valence-electron chi connectivity index (χ3n) is 3.84. The van der Waals surface area contributed by atoms with Crippen LogP contribution in [0.15, 0.2) is 0 Å². The van der Waals surface area contributed by atoms with E-state index in [0.29, 0.717) is 25.3 Å². The van der Waals surface area contributed by atoms with Crippen LogP contribution in [-0.4, -0.2) is 72.6 Å². The van der Waals surface area contributed by atoms with E-state index in [1.165, 1.54) is 0 Å². The van der Waals surface area contributed by atoms with Gasteiger partial charge in [0.05, 0.1) is 19.6 Å². The lowest BCUT2D eigenvalue weighted by Crippen LogP contribution is -2.49. The van der Waals surface area contributed by atoms with Gasteiger partial charge in [-0.15, -0.1) is 0 Å². The summed E-state index contributed by atoms with van der Waals surface area (Å²) < 4.78 is 5.43. The van der Waals surface area contributed by atoms with Crippen LogP contribution < -0.4 is 16.0 Å². The highest BCUT2D eigenvalue weighted by Gasteiger charge is 2.22. The van der Waals surface area contributed by atoms with Gasteiger partial charge >= 0.3 is 5.97 Å². The van der Waals surface area contributed by atoms with Gasteiger partial charge in [0.25, 0.3) is 0 Å². The largest absolute Gasteiger partial charge is 0.481 e. The lowest BCUT2D eigenvalue weighted by molar-refractivity contribution is -0.139. The maximum atomic E-state index is 12.5. The molecule has 1 atom stereocenters. The molecule has 0 heterocycles. The topological polar surface area (TPSA) is 134 Å². The second-order valence-corrected chi connectivity index (χ2v) is 11.1. The molecule has 0 unspecified atom stereocenters. The molecule has 9 nitrogen and oxygen atoms in total. The highest BCUT2D eigenvalue weighted by atomic mass is 32.2. The van der Waals surface area contributed by atoms with E-state index in [4.69, 9.17) is 9.84 Å². The number of thioether (sulfide) groups is 1. The van der Waals surface area contributed by atoms with E-state index >= 15 is 0 Å². The standard InChI is InChI=1S/C22H41N3O6S/c1-21(2,3)13-18(27)23-9-11-31-12-10-24-20(30)16(14-32-15-22(4,5)6)25-17(26)7-8-19(28)29/h16H,7-15H2,1-6H3,(H,23,27)(H,24,30)(H,25,26)(H,28,29)/t16-/m0/s1. The molecule has 0 aromatic heterocycles. The summed E-state index contributed by atoms with van der Waals surface area (Å²) in [5.74, 6) is -0.684. The summed E-state index contributed by atoms with van der Waals surface area (Å²) in [4.78, 5) is 46.9. The maximum Gasteiger partial charge on any atom is 0.303 e. The minimum atomic E-state index is -1.06. The SMILES string of the molecule is CC(C)(C)CSC[C@H](NC(=O)CCC(=O)O)C(=O)NCCOCCNC(=O)CC(C)(C)C. The smallest absolute Gasteiger partial charge is 0.303 e. The van der Waals surface area contributed by atoms with Gasteiger partial charge in [0.15, 0.2) is 0 Å². The van der Waals surface area contributed by atoms with Crippen LogP contribution in [0.5, 0.6) is 0 Å². The van der Waals surface area contributed by atoms with Gasteiger partial charge in [-0.05, 0) is 16.6 Å². The van der Waals surface area contributed by atoms with E-state index in [0.717, 1.165) is 5.75 Å². The van der Waals surface area contributed by atoms with E-state index in [9.17, 15) is 19.2 Å². The first kappa shape index (κ1) is 30.2. The predicted octanol–water partition coefficient (Wildman–Crippen LogP) is 1.80. The summed E-state index contributed by atoms with van der Waals surface area (Å²) in [5, 5.41) is 16.9. The Balaban J connectivity index is 4.32. The molecule has 32 heavy (non-hydrogen) atoms. The Morgan fingerprint density at radius 1 is 0.875 bits per heavy atom. The lowest BCUT2D eigenvalue weighted by Gasteiger charge is -2.21. The fraction of sp³-hybridized carbons (Fsp3) is 0.818. The summed E-state index contributed by atoms with van der Waals surface area (Å²) in [6.07, 6.45) is -0.0155. The van der Waals surface area contributed by atoms with Crippen molar-refractivity contribution in [1.29, 1.82) is 0 Å². The zero-order chi connectivity index (χ0) is 24.8. The Morgan fingerprint density at radius 2 is 1.47 bits per heavy atom. The van der Waals surface area contributed by atoms with Crippen molar-refractivity contribution in [2.45, 2.75) is 66.8 Å². The number of carboxylic acids is 1. The van der Waals surface area contributed by atoms with Gasteiger partial charge in [-0.25, -0.2) is 0 Å². The first-order valence-corrected chi connectivity index (χ1v) is 12.1. The molecule has 4 N–H and O–H groups in total. The number of hydrogen-bond donors (Lipinski definition) is 4. The maximum absolute atomic E-state index is 12.5. The van der Waals surface area contributed by atoms with Crippen LogP contribution in [0.2, 0.25) is 0 Å². The number of carbonyl (C=O) groups excluding carboxylic acids is 3. The molecule has 0 spiro atoms. The number of carbonyl (C=O) groups is 4. The van der Waals surface area contributed by atoms with Crippen LogP contribution >= 0.6 is 11.8 Å². The van der Waals surface area contributed by atoms with Gasteiger partial charge in [0, 0.05) is 31.7 Å². The summed E-state index contributed by atoms with van der Waals surface area (Å²) in [5.41, 5.74) is 0.00905. The van der Waals surface area contributed by atoms with Crippen molar-refractivity contribution in [2.75, 3.05) is 37.8 Å². The molecule has 0 aliphatic rings. The van der Waals surface area contributed by atoms with Crippen LogP contribution in [-0.2, 0) is 23.9 Å². The van der Waals surface area contributed by atoms with E-state index in [1.807, 2.05) is 20.8 Å². The van der Waals surface area contributed by atoms with Crippen LogP contribution in [0.1, 0.15) is 60.8 Å². The molecule has 0 aromatic carbocycles. The van der Waals surface area contributed by atoms with Crippen LogP contribution in [0.25, 0.3) is 0 Å². The fourth-order valence-corrected chi connectivity index (χ4v) is 3.63.